The normalized spacial score (nSPS) is 22.2. The van der Waals surface area contributed by atoms with Gasteiger partial charge in [0, 0.05) is 43.2 Å². The second-order valence-corrected chi connectivity index (χ2v) is 10.5. The number of hydrogen-bond donors (Lipinski definition) is 1. The molecule has 0 aliphatic carbocycles. The number of carbonyl (C=O) groups excluding carboxylic acids is 1. The van der Waals surface area contributed by atoms with Gasteiger partial charge in [-0.25, -0.2) is 24.0 Å². The highest BCUT2D eigenvalue weighted by molar-refractivity contribution is 5.84. The summed E-state index contributed by atoms with van der Waals surface area (Å²) in [5.41, 5.74) is 2.16. The molecular formula is C26H28F3N7O2. The summed E-state index contributed by atoms with van der Waals surface area (Å²) in [5.74, 6) is -3.39. The van der Waals surface area contributed by atoms with Crippen molar-refractivity contribution < 1.29 is 22.7 Å². The third-order valence-electron chi connectivity index (χ3n) is 8.00. The van der Waals surface area contributed by atoms with Crippen molar-refractivity contribution in [2.45, 2.75) is 63.5 Å². The van der Waals surface area contributed by atoms with Crippen molar-refractivity contribution >= 4 is 11.7 Å². The van der Waals surface area contributed by atoms with Crippen LogP contribution < -0.4 is 10.1 Å². The number of aromatic nitrogens is 5. The molecule has 1 fully saturated rings. The van der Waals surface area contributed by atoms with Gasteiger partial charge in [-0.2, -0.15) is 13.9 Å². The molecule has 1 spiro atoms. The number of alkyl halides is 2. The first-order valence-electron chi connectivity index (χ1n) is 12.7. The van der Waals surface area contributed by atoms with Crippen molar-refractivity contribution in [3.8, 4) is 17.3 Å². The van der Waals surface area contributed by atoms with Gasteiger partial charge < -0.3 is 15.0 Å². The molecule has 3 aromatic rings. The molecule has 1 saturated heterocycles. The maximum atomic E-state index is 14.4. The summed E-state index contributed by atoms with van der Waals surface area (Å²) in [4.78, 5) is 27.8. The molecular weight excluding hydrogens is 499 g/mol. The summed E-state index contributed by atoms with van der Waals surface area (Å²) in [6.07, 6.45) is 3.01. The van der Waals surface area contributed by atoms with Gasteiger partial charge >= 0.3 is 5.92 Å². The van der Waals surface area contributed by atoms with Crippen LogP contribution in [0.1, 0.15) is 54.7 Å². The zero-order valence-electron chi connectivity index (χ0n) is 21.4. The molecule has 6 rings (SSSR count). The van der Waals surface area contributed by atoms with Crippen molar-refractivity contribution in [1.29, 1.82) is 0 Å². The molecule has 0 radical (unpaired) electrons. The van der Waals surface area contributed by atoms with E-state index in [9.17, 15) is 18.0 Å². The molecule has 200 valence electrons. The summed E-state index contributed by atoms with van der Waals surface area (Å²) < 4.78 is 49.0. The van der Waals surface area contributed by atoms with Crippen LogP contribution in [-0.2, 0) is 23.7 Å². The highest BCUT2D eigenvalue weighted by Crippen LogP contribution is 2.41. The second-order valence-electron chi connectivity index (χ2n) is 10.5. The number of aryl methyl sites for hydroxylation is 3. The van der Waals surface area contributed by atoms with Crippen LogP contribution in [-0.4, -0.2) is 61.3 Å². The zero-order chi connectivity index (χ0) is 26.8. The number of nitrogens with one attached hydrogen (secondary N) is 1. The lowest BCUT2D eigenvalue weighted by Crippen LogP contribution is -2.46. The lowest BCUT2D eigenvalue weighted by Gasteiger charge is -2.36. The number of ether oxygens (including phenoxy) is 1. The van der Waals surface area contributed by atoms with E-state index in [-0.39, 0.29) is 47.5 Å². The van der Waals surface area contributed by atoms with Crippen molar-refractivity contribution in [2.75, 3.05) is 25.5 Å². The summed E-state index contributed by atoms with van der Waals surface area (Å²) in [5, 5.41) is 7.87. The Morgan fingerprint density at radius 1 is 1.18 bits per heavy atom. The Morgan fingerprint density at radius 3 is 2.76 bits per heavy atom. The highest BCUT2D eigenvalue weighted by atomic mass is 19.3. The summed E-state index contributed by atoms with van der Waals surface area (Å²) in [6.45, 7) is 4.67. The average molecular weight is 528 g/mol. The van der Waals surface area contributed by atoms with E-state index < -0.39 is 17.7 Å². The largest absolute Gasteiger partial charge is 0.481 e. The Labute approximate surface area is 217 Å². The Bertz CT molecular complexity index is 1440. The first kappa shape index (κ1) is 24.6. The minimum atomic E-state index is -2.97. The van der Waals surface area contributed by atoms with Crippen LogP contribution in [0.4, 0.5) is 19.0 Å². The van der Waals surface area contributed by atoms with E-state index in [0.29, 0.717) is 30.8 Å². The molecule has 0 unspecified atom stereocenters. The third kappa shape index (κ3) is 3.97. The average Bonchev–Trinajstić information content (AvgIpc) is 3.58. The van der Waals surface area contributed by atoms with Crippen molar-refractivity contribution in [2.24, 2.45) is 0 Å². The highest BCUT2D eigenvalue weighted by Gasteiger charge is 2.45. The van der Waals surface area contributed by atoms with E-state index in [4.69, 9.17) is 9.72 Å². The van der Waals surface area contributed by atoms with Crippen molar-refractivity contribution in [3.05, 3.63) is 46.8 Å². The first-order valence-corrected chi connectivity index (χ1v) is 12.7. The minimum Gasteiger partial charge on any atom is -0.481 e. The molecule has 3 aliphatic rings. The number of methoxy groups -OCH3 is 1. The maximum Gasteiger partial charge on any atom is 0.308 e. The van der Waals surface area contributed by atoms with E-state index in [2.05, 4.69) is 20.4 Å². The number of rotatable bonds is 4. The van der Waals surface area contributed by atoms with Gasteiger partial charge in [-0.1, -0.05) is 0 Å². The van der Waals surface area contributed by atoms with E-state index >= 15 is 0 Å². The van der Waals surface area contributed by atoms with Gasteiger partial charge in [0.05, 0.1) is 30.5 Å². The van der Waals surface area contributed by atoms with Crippen LogP contribution in [0.5, 0.6) is 5.88 Å². The number of halogens is 3. The predicted octanol–water partition coefficient (Wildman–Crippen LogP) is 3.82. The molecule has 0 saturated carbocycles. The number of pyridine rings is 2. The lowest BCUT2D eigenvalue weighted by atomic mass is 9.86. The predicted molar refractivity (Wildman–Crippen MR) is 132 cm³/mol. The molecule has 12 heteroatoms. The topological polar surface area (TPSA) is 98.1 Å². The van der Waals surface area contributed by atoms with E-state index in [0.717, 1.165) is 30.4 Å². The molecule has 38 heavy (non-hydrogen) atoms. The molecule has 1 amide bonds. The first-order chi connectivity index (χ1) is 18.1. The summed E-state index contributed by atoms with van der Waals surface area (Å²) in [7, 11) is 1.45. The number of nitrogens with zero attached hydrogens (tertiary/aromatic N) is 6. The van der Waals surface area contributed by atoms with Crippen LogP contribution in [0.3, 0.4) is 0 Å². The van der Waals surface area contributed by atoms with Crippen LogP contribution in [0.2, 0.25) is 0 Å². The Hall–Kier alpha value is -3.70. The molecule has 6 heterocycles. The Balaban J connectivity index is 1.20. The minimum absolute atomic E-state index is 0.145. The van der Waals surface area contributed by atoms with Crippen molar-refractivity contribution in [3.63, 3.8) is 0 Å². The van der Waals surface area contributed by atoms with E-state index in [1.54, 1.807) is 11.8 Å². The van der Waals surface area contributed by atoms with Gasteiger partial charge in [0.2, 0.25) is 11.8 Å². The van der Waals surface area contributed by atoms with E-state index in [1.807, 2.05) is 13.0 Å². The van der Waals surface area contributed by atoms with Gasteiger partial charge in [0.25, 0.3) is 0 Å². The molecule has 9 nitrogen and oxygen atoms in total. The summed E-state index contributed by atoms with van der Waals surface area (Å²) in [6, 6.07) is 3.40. The molecule has 2 atom stereocenters. The Morgan fingerprint density at radius 2 is 2.00 bits per heavy atom. The van der Waals surface area contributed by atoms with Gasteiger partial charge in [-0.05, 0) is 44.7 Å². The Kier molecular flexibility index (Phi) is 5.62. The molecule has 1 N–H and O–H groups in total. The van der Waals surface area contributed by atoms with Gasteiger partial charge in [0.1, 0.15) is 11.6 Å². The molecule has 0 aromatic carbocycles. The van der Waals surface area contributed by atoms with Crippen molar-refractivity contribution in [1.82, 2.24) is 29.6 Å². The van der Waals surface area contributed by atoms with Gasteiger partial charge in [-0.3, -0.25) is 4.79 Å². The monoisotopic (exact) mass is 527 g/mol. The number of amides is 1. The summed E-state index contributed by atoms with van der Waals surface area (Å²) >= 11 is 0. The SMILES string of the molecule is COc1cc([C@@H](C)C(=O)N2CC[C@@]3(CCc4cc(-c5nc6n(n5)CCC6(F)F)c(C)nc4N3)C2)c(F)cn1. The standard InChI is InChI=1S/C26H28F3N7O2/c1-14(17-11-20(38-3)30-12-19(17)27)23(37)35-8-6-25(13-35)5-4-16-10-18(15(2)31-21(16)33-25)22-32-24-26(28,29)7-9-36(24)34-22/h10-12,14H,4-9,13H2,1-3H3,(H,31,33)/t14-,25+/m1/s1. The lowest BCUT2D eigenvalue weighted by molar-refractivity contribution is -0.131. The zero-order valence-corrected chi connectivity index (χ0v) is 21.4. The fourth-order valence-electron chi connectivity index (χ4n) is 5.75. The fraction of sp³-hybridized carbons (Fsp3) is 0.500. The van der Waals surface area contributed by atoms with Crippen LogP contribution in [0.15, 0.2) is 18.3 Å². The number of anilines is 1. The molecule has 0 bridgehead atoms. The smallest absolute Gasteiger partial charge is 0.308 e. The van der Waals surface area contributed by atoms with E-state index in [1.165, 1.54) is 17.9 Å². The van der Waals surface area contributed by atoms with Crippen LogP contribution in [0, 0.1) is 12.7 Å². The van der Waals surface area contributed by atoms with Gasteiger partial charge in [0.15, 0.2) is 11.6 Å². The fourth-order valence-corrected chi connectivity index (χ4v) is 5.75. The number of likely N-dealkylation sites (tertiary alicyclic amines) is 1. The molecule has 3 aliphatic heterocycles. The quantitative estimate of drug-likeness (QED) is 0.551. The maximum absolute atomic E-state index is 14.4. The number of carbonyl (C=O) groups is 1. The second kappa shape index (κ2) is 8.67. The van der Waals surface area contributed by atoms with Gasteiger partial charge in [-0.15, -0.1) is 0 Å². The number of hydrogen-bond acceptors (Lipinski definition) is 7. The number of fused-ring (bicyclic) bond motifs is 2. The third-order valence-corrected chi connectivity index (χ3v) is 8.00. The van der Waals surface area contributed by atoms with Crippen LogP contribution in [0.25, 0.3) is 11.4 Å². The van der Waals surface area contributed by atoms with Crippen LogP contribution >= 0.6 is 0 Å². The molecule has 3 aromatic heterocycles.